The summed E-state index contributed by atoms with van der Waals surface area (Å²) in [7, 11) is 0. The highest BCUT2D eigenvalue weighted by molar-refractivity contribution is 9.10. The molecule has 0 saturated carbocycles. The first-order valence-corrected chi connectivity index (χ1v) is 3.70. The largest absolute Gasteiger partial charge is 0.307 e. The Morgan fingerprint density at radius 1 is 1.45 bits per heavy atom. The van der Waals surface area contributed by atoms with Gasteiger partial charge in [-0.2, -0.15) is 0 Å². The van der Waals surface area contributed by atoms with E-state index in [0.717, 1.165) is 5.56 Å². The van der Waals surface area contributed by atoms with E-state index in [2.05, 4.69) is 15.9 Å². The summed E-state index contributed by atoms with van der Waals surface area (Å²) in [6, 6.07) is 4.97. The molecule has 0 heterocycles. The van der Waals surface area contributed by atoms with Crippen molar-refractivity contribution >= 4 is 22.7 Å². The molecule has 1 aromatic rings. The lowest BCUT2D eigenvalue weighted by Crippen LogP contribution is -1.79. The van der Waals surface area contributed by atoms with Gasteiger partial charge in [0.05, 0.1) is 4.47 Å². The summed E-state index contributed by atoms with van der Waals surface area (Å²) in [4.78, 5) is 8.00. The predicted octanol–water partition coefficient (Wildman–Crippen LogP) is 2.71. The number of carbonyl (C=O) groups excluding carboxylic acids is 1. The summed E-state index contributed by atoms with van der Waals surface area (Å²) in [6.45, 7) is 3.85. The van der Waals surface area contributed by atoms with Crippen LogP contribution in [0, 0.1) is 12.7 Å². The first-order chi connectivity index (χ1) is 5.22. The lowest BCUT2D eigenvalue weighted by atomic mass is 10.2. The summed E-state index contributed by atoms with van der Waals surface area (Å²) in [6.07, 6.45) is 0. The average molecular weight is 219 g/mol. The Hall–Kier alpha value is -0.700. The van der Waals surface area contributed by atoms with E-state index in [1.807, 2.05) is 19.8 Å². The molecule has 0 N–H and O–H groups in total. The molecule has 0 radical (unpaired) electrons. The van der Waals surface area contributed by atoms with Gasteiger partial charge in [0.1, 0.15) is 12.6 Å². The number of aryl methyl sites for hydroxylation is 1. The van der Waals surface area contributed by atoms with Crippen molar-refractivity contribution in [3.8, 4) is 0 Å². The van der Waals surface area contributed by atoms with Gasteiger partial charge in [0.15, 0.2) is 0 Å². The molecular weight excluding hydrogens is 211 g/mol. The van der Waals surface area contributed by atoms with Gasteiger partial charge in [-0.25, -0.2) is 4.39 Å². The minimum absolute atomic E-state index is 0.199. The van der Waals surface area contributed by atoms with E-state index >= 15 is 0 Å². The zero-order valence-corrected chi connectivity index (χ0v) is 7.69. The van der Waals surface area contributed by atoms with Crippen LogP contribution in [0.4, 0.5) is 4.39 Å². The van der Waals surface area contributed by atoms with Crippen molar-refractivity contribution < 1.29 is 9.18 Å². The Kier molecular flexibility index (Phi) is 4.70. The predicted molar refractivity (Wildman–Crippen MR) is 46.0 cm³/mol. The molecule has 0 aliphatic carbocycles. The Labute approximate surface area is 73.4 Å². The van der Waals surface area contributed by atoms with E-state index in [9.17, 15) is 4.39 Å². The van der Waals surface area contributed by atoms with Crippen LogP contribution in [-0.4, -0.2) is 6.79 Å². The van der Waals surface area contributed by atoms with Crippen molar-refractivity contribution in [1.29, 1.82) is 0 Å². The number of benzene rings is 1. The monoisotopic (exact) mass is 218 g/mol. The molecule has 0 atom stereocenters. The van der Waals surface area contributed by atoms with Gasteiger partial charge >= 0.3 is 0 Å². The molecule has 1 rings (SSSR count). The summed E-state index contributed by atoms with van der Waals surface area (Å²) in [5.41, 5.74) is 0.926. The molecule has 0 fully saturated rings. The highest BCUT2D eigenvalue weighted by Gasteiger charge is 1.97. The molecule has 0 saturated heterocycles. The Bertz CT molecular complexity index is 217. The van der Waals surface area contributed by atoms with Crippen LogP contribution in [0.2, 0.25) is 0 Å². The minimum atomic E-state index is -0.199. The number of halogens is 2. The highest BCUT2D eigenvalue weighted by Crippen LogP contribution is 2.18. The first kappa shape index (κ1) is 10.3. The molecule has 0 amide bonds. The van der Waals surface area contributed by atoms with Crippen LogP contribution in [0.3, 0.4) is 0 Å². The fourth-order valence-electron chi connectivity index (χ4n) is 0.612. The standard InChI is InChI=1S/C7H6BrF.CH2O/c1-5-3-2-4-6(9)7(5)8;1-2/h2-4H,1H3;1H2. The third kappa shape index (κ3) is 2.80. The Morgan fingerprint density at radius 2 is 2.00 bits per heavy atom. The van der Waals surface area contributed by atoms with Gasteiger partial charge in [0, 0.05) is 0 Å². The number of hydrogen-bond acceptors (Lipinski definition) is 1. The van der Waals surface area contributed by atoms with Crippen molar-refractivity contribution in [1.82, 2.24) is 0 Å². The average Bonchev–Trinajstić information content (AvgIpc) is 2.04. The molecule has 0 bridgehead atoms. The van der Waals surface area contributed by atoms with E-state index in [1.54, 1.807) is 6.07 Å². The summed E-state index contributed by atoms with van der Waals surface area (Å²) in [5.74, 6) is -0.199. The van der Waals surface area contributed by atoms with Crippen molar-refractivity contribution in [3.05, 3.63) is 34.1 Å². The van der Waals surface area contributed by atoms with Gasteiger partial charge in [-0.1, -0.05) is 12.1 Å². The van der Waals surface area contributed by atoms with Crippen molar-refractivity contribution in [2.45, 2.75) is 6.92 Å². The van der Waals surface area contributed by atoms with E-state index in [4.69, 9.17) is 4.79 Å². The smallest absolute Gasteiger partial charge is 0.137 e. The molecular formula is C8H8BrFO. The highest BCUT2D eigenvalue weighted by atomic mass is 79.9. The van der Waals surface area contributed by atoms with Crippen molar-refractivity contribution in [2.24, 2.45) is 0 Å². The zero-order valence-electron chi connectivity index (χ0n) is 6.10. The SMILES string of the molecule is C=O.Cc1cccc(F)c1Br. The number of rotatable bonds is 0. The summed E-state index contributed by atoms with van der Waals surface area (Å²) < 4.78 is 13.1. The van der Waals surface area contributed by atoms with Gasteiger partial charge in [-0.3, -0.25) is 0 Å². The van der Waals surface area contributed by atoms with Crippen LogP contribution in [0.25, 0.3) is 0 Å². The fraction of sp³-hybridized carbons (Fsp3) is 0.125. The Morgan fingerprint density at radius 3 is 2.36 bits per heavy atom. The molecule has 0 aliphatic rings. The number of hydrogen-bond donors (Lipinski definition) is 0. The minimum Gasteiger partial charge on any atom is -0.307 e. The van der Waals surface area contributed by atoms with Crippen molar-refractivity contribution in [3.63, 3.8) is 0 Å². The molecule has 1 nitrogen and oxygen atoms in total. The molecule has 3 heteroatoms. The normalized spacial score (nSPS) is 8.27. The molecule has 11 heavy (non-hydrogen) atoms. The maximum absolute atomic E-state index is 12.5. The van der Waals surface area contributed by atoms with E-state index in [1.165, 1.54) is 6.07 Å². The lowest BCUT2D eigenvalue weighted by Gasteiger charge is -1.95. The van der Waals surface area contributed by atoms with Gasteiger partial charge in [0.2, 0.25) is 0 Å². The lowest BCUT2D eigenvalue weighted by molar-refractivity contribution is -0.0979. The molecule has 0 aromatic heterocycles. The Balaban J connectivity index is 0.000000461. The molecule has 1 aromatic carbocycles. The van der Waals surface area contributed by atoms with Crippen LogP contribution in [0.15, 0.2) is 22.7 Å². The van der Waals surface area contributed by atoms with Crippen LogP contribution >= 0.6 is 15.9 Å². The molecule has 60 valence electrons. The van der Waals surface area contributed by atoms with Gasteiger partial charge in [-0.05, 0) is 34.5 Å². The second-order valence-electron chi connectivity index (χ2n) is 1.87. The number of carbonyl (C=O) groups is 1. The first-order valence-electron chi connectivity index (χ1n) is 2.91. The van der Waals surface area contributed by atoms with Gasteiger partial charge in [-0.15, -0.1) is 0 Å². The maximum atomic E-state index is 12.5. The van der Waals surface area contributed by atoms with Crippen LogP contribution in [-0.2, 0) is 4.79 Å². The zero-order chi connectivity index (χ0) is 8.85. The summed E-state index contributed by atoms with van der Waals surface area (Å²) >= 11 is 3.10. The quantitative estimate of drug-likeness (QED) is 0.655. The second kappa shape index (κ2) is 5.02. The van der Waals surface area contributed by atoms with Gasteiger partial charge in [0.25, 0.3) is 0 Å². The van der Waals surface area contributed by atoms with Gasteiger partial charge < -0.3 is 4.79 Å². The summed E-state index contributed by atoms with van der Waals surface area (Å²) in [5, 5.41) is 0. The maximum Gasteiger partial charge on any atom is 0.137 e. The third-order valence-electron chi connectivity index (χ3n) is 1.14. The fourth-order valence-corrected chi connectivity index (χ4v) is 0.876. The van der Waals surface area contributed by atoms with Crippen LogP contribution in [0.1, 0.15) is 5.56 Å². The van der Waals surface area contributed by atoms with E-state index < -0.39 is 0 Å². The van der Waals surface area contributed by atoms with Crippen LogP contribution in [0.5, 0.6) is 0 Å². The van der Waals surface area contributed by atoms with E-state index in [-0.39, 0.29) is 5.82 Å². The third-order valence-corrected chi connectivity index (χ3v) is 2.15. The molecule has 0 spiro atoms. The second-order valence-corrected chi connectivity index (χ2v) is 2.66. The topological polar surface area (TPSA) is 17.1 Å². The molecule has 0 unspecified atom stereocenters. The molecule has 0 aliphatic heterocycles. The van der Waals surface area contributed by atoms with Crippen molar-refractivity contribution in [2.75, 3.05) is 0 Å². The van der Waals surface area contributed by atoms with E-state index in [0.29, 0.717) is 4.47 Å². The van der Waals surface area contributed by atoms with Crippen LogP contribution < -0.4 is 0 Å².